The van der Waals surface area contributed by atoms with Crippen LogP contribution in [0.15, 0.2) is 31.9 Å². The van der Waals surface area contributed by atoms with Gasteiger partial charge >= 0.3 is 0 Å². The fraction of sp³-hybridized carbons (Fsp3) is 0.571. The lowest BCUT2D eigenvalue weighted by Gasteiger charge is -2.47. The monoisotopic (exact) mass is 518 g/mol. The zero-order valence-corrected chi connectivity index (χ0v) is 22.5. The van der Waals surface area contributed by atoms with Crippen molar-refractivity contribution in [1.29, 1.82) is 0 Å². The van der Waals surface area contributed by atoms with Gasteiger partial charge in [0.05, 0.1) is 10.4 Å². The quantitative estimate of drug-likeness (QED) is 0.259. The van der Waals surface area contributed by atoms with Crippen LogP contribution in [-0.4, -0.2) is 58.4 Å². The Kier molecular flexibility index (Phi) is 8.26. The Bertz CT molecular complexity index is 920. The number of nitrogens with two attached hydrogens (primary N) is 1. The average molecular weight is 519 g/mol. The highest BCUT2D eigenvalue weighted by Crippen LogP contribution is 2.44. The number of hydrogen-bond acceptors (Lipinski definition) is 8. The first kappa shape index (κ1) is 25.5. The summed E-state index contributed by atoms with van der Waals surface area (Å²) in [5.74, 6) is 4.22. The minimum absolute atomic E-state index is 0.484. The third-order valence-electron chi connectivity index (χ3n) is 6.55. The number of rotatable bonds is 6. The summed E-state index contributed by atoms with van der Waals surface area (Å²) in [4.78, 5) is 5.60. The molecule has 1 aromatic carbocycles. The van der Waals surface area contributed by atoms with Crippen molar-refractivity contribution in [3.05, 3.63) is 17.8 Å². The number of benzene rings is 1. The van der Waals surface area contributed by atoms with Crippen molar-refractivity contribution >= 4 is 71.8 Å². The largest absolute Gasteiger partial charge is 0.401 e. The topological polar surface area (TPSA) is 61.6 Å². The van der Waals surface area contributed by atoms with Crippen molar-refractivity contribution < 1.29 is 4.21 Å². The summed E-state index contributed by atoms with van der Waals surface area (Å²) in [6, 6.07) is 0. The Labute approximate surface area is 209 Å². The Hall–Kier alpha value is -0.100. The van der Waals surface area contributed by atoms with Crippen LogP contribution in [0.5, 0.6) is 0 Å². The van der Waals surface area contributed by atoms with Crippen LogP contribution in [0, 0.1) is 0 Å². The van der Waals surface area contributed by atoms with Crippen LogP contribution in [0.2, 0.25) is 0 Å². The zero-order chi connectivity index (χ0) is 23.0. The maximum atomic E-state index is 14.0. The first-order valence-corrected chi connectivity index (χ1v) is 14.1. The molecule has 0 spiro atoms. The van der Waals surface area contributed by atoms with Crippen LogP contribution < -0.4 is 16.0 Å². The summed E-state index contributed by atoms with van der Waals surface area (Å²) in [6.07, 6.45) is 3.27. The molecule has 0 saturated carbocycles. The number of nitrogens with zero attached hydrogens (tertiary/aromatic N) is 2. The van der Waals surface area contributed by atoms with Gasteiger partial charge in [-0.05, 0) is 43.8 Å². The molecule has 5 nitrogen and oxygen atoms in total. The molecule has 2 fully saturated rings. The highest BCUT2D eigenvalue weighted by atomic mass is 32.2. The molecule has 1 aromatic rings. The molecule has 0 aromatic heterocycles. The van der Waals surface area contributed by atoms with Crippen LogP contribution in [0.3, 0.4) is 0 Å². The van der Waals surface area contributed by atoms with Crippen molar-refractivity contribution in [3.8, 4) is 0 Å². The normalized spacial score (nSPS) is 21.6. The average Bonchev–Trinajstić information content (AvgIpc) is 2.76. The molecule has 0 bridgehead atoms. The van der Waals surface area contributed by atoms with Crippen molar-refractivity contribution in [1.82, 2.24) is 9.62 Å². The minimum atomic E-state index is -2.63. The molecule has 3 N–H and O–H groups in total. The summed E-state index contributed by atoms with van der Waals surface area (Å²) in [6.45, 7) is 10.3. The molecule has 31 heavy (non-hydrogen) atoms. The van der Waals surface area contributed by atoms with E-state index in [4.69, 9.17) is 56.2 Å². The molecule has 2 saturated heterocycles. The molecule has 0 radical (unpaired) electrons. The van der Waals surface area contributed by atoms with Gasteiger partial charge in [-0.15, -0.1) is 50.5 Å². The molecular formula is C21H34N4OS5. The molecule has 3 rings (SSSR count). The Morgan fingerprint density at radius 1 is 1.06 bits per heavy atom. The van der Waals surface area contributed by atoms with Crippen LogP contribution in [0.1, 0.15) is 31.7 Å². The molecule has 174 valence electrons. The molecular weight excluding hydrogens is 485 g/mol. The van der Waals surface area contributed by atoms with Gasteiger partial charge < -0.3 is 16.0 Å². The second kappa shape index (κ2) is 10.0. The summed E-state index contributed by atoms with van der Waals surface area (Å²) < 4.78 is 15.4. The van der Waals surface area contributed by atoms with Crippen LogP contribution in [-0.2, 0) is 16.1 Å². The van der Waals surface area contributed by atoms with E-state index in [-0.39, 0.29) is 0 Å². The van der Waals surface area contributed by atoms with Crippen LogP contribution >= 0.6 is 50.5 Å². The Morgan fingerprint density at radius 3 is 2.03 bits per heavy atom. The van der Waals surface area contributed by atoms with E-state index in [1.165, 1.54) is 0 Å². The van der Waals surface area contributed by atoms with E-state index >= 15 is 0 Å². The SMILES string of the molecule is C=C(N)C1(S(=C)(=O)N2CCN(c3c(S)c(S)c(CCC)c(S)c3S)CC2)CCNCC1. The number of anilines is 1. The van der Waals surface area contributed by atoms with Gasteiger partial charge in [0, 0.05) is 61.2 Å². The first-order chi connectivity index (χ1) is 14.6. The molecule has 2 heterocycles. The van der Waals surface area contributed by atoms with Gasteiger partial charge in [0.15, 0.2) is 0 Å². The fourth-order valence-corrected chi connectivity index (χ4v) is 8.76. The van der Waals surface area contributed by atoms with Gasteiger partial charge in [0.2, 0.25) is 0 Å². The number of thiol groups is 4. The smallest absolute Gasteiger partial charge is 0.0924 e. The van der Waals surface area contributed by atoms with Crippen molar-refractivity contribution in [3.63, 3.8) is 0 Å². The van der Waals surface area contributed by atoms with Crippen molar-refractivity contribution in [2.45, 2.75) is 56.9 Å². The second-order valence-corrected chi connectivity index (χ2v) is 12.7. The van der Waals surface area contributed by atoms with Crippen molar-refractivity contribution in [2.75, 3.05) is 44.2 Å². The molecule has 2 aliphatic heterocycles. The number of piperazine rings is 1. The van der Waals surface area contributed by atoms with Gasteiger partial charge in [0.25, 0.3) is 0 Å². The molecule has 0 amide bonds. The summed E-state index contributed by atoms with van der Waals surface area (Å²) in [5, 5.41) is 3.33. The predicted octanol–water partition coefficient (Wildman–Crippen LogP) is 3.14. The van der Waals surface area contributed by atoms with E-state index in [1.807, 2.05) is 4.31 Å². The summed E-state index contributed by atoms with van der Waals surface area (Å²) in [7, 11) is -2.63. The number of nitrogens with one attached hydrogen (secondary N) is 1. The minimum Gasteiger partial charge on any atom is -0.401 e. The Morgan fingerprint density at radius 2 is 1.58 bits per heavy atom. The predicted molar refractivity (Wildman–Crippen MR) is 147 cm³/mol. The lowest BCUT2D eigenvalue weighted by molar-refractivity contribution is 0.371. The zero-order valence-electron chi connectivity index (χ0n) is 18.1. The van der Waals surface area contributed by atoms with Gasteiger partial charge in [-0.25, -0.2) is 4.31 Å². The van der Waals surface area contributed by atoms with Crippen molar-refractivity contribution in [2.24, 2.45) is 5.73 Å². The van der Waals surface area contributed by atoms with Gasteiger partial charge in [-0.3, -0.25) is 4.21 Å². The number of piperidine rings is 1. The highest BCUT2D eigenvalue weighted by Gasteiger charge is 2.45. The van der Waals surface area contributed by atoms with E-state index in [0.717, 1.165) is 56.8 Å². The third-order valence-corrected chi connectivity index (χ3v) is 11.8. The molecule has 2 aliphatic rings. The third kappa shape index (κ3) is 4.50. The standard InChI is InChI=1S/C21H34N4OS5/c1-4-5-15-17(27)19(29)16(20(30)18(15)28)24-10-12-25(13-11-24)31(3,26)21(14(2)22)6-8-23-9-7-21/h23,27-30H,2-13,22H2,1H3. The van der Waals surface area contributed by atoms with E-state index in [0.29, 0.717) is 44.7 Å². The molecule has 0 aliphatic carbocycles. The second-order valence-electron chi connectivity index (χ2n) is 8.30. The van der Waals surface area contributed by atoms with Crippen LogP contribution in [0.25, 0.3) is 0 Å². The first-order valence-electron chi connectivity index (χ1n) is 10.6. The lowest BCUT2D eigenvalue weighted by atomic mass is 9.94. The maximum absolute atomic E-state index is 14.0. The summed E-state index contributed by atoms with van der Waals surface area (Å²) in [5.41, 5.74) is 8.72. The molecule has 1 atom stereocenters. The van der Waals surface area contributed by atoms with E-state index < -0.39 is 14.5 Å². The van der Waals surface area contributed by atoms with Crippen LogP contribution in [0.4, 0.5) is 5.69 Å². The number of hydrogen-bond donors (Lipinski definition) is 6. The van der Waals surface area contributed by atoms with E-state index in [2.05, 4.69) is 29.6 Å². The van der Waals surface area contributed by atoms with Gasteiger partial charge in [-0.2, -0.15) is 0 Å². The van der Waals surface area contributed by atoms with E-state index in [1.54, 1.807) is 0 Å². The van der Waals surface area contributed by atoms with Gasteiger partial charge in [-0.1, -0.05) is 19.9 Å². The molecule has 10 heteroatoms. The summed E-state index contributed by atoms with van der Waals surface area (Å²) >= 11 is 19.0. The Balaban J connectivity index is 1.85. The molecule has 1 unspecified atom stereocenters. The van der Waals surface area contributed by atoms with Gasteiger partial charge in [0.1, 0.15) is 0 Å². The maximum Gasteiger partial charge on any atom is 0.0924 e. The lowest BCUT2D eigenvalue weighted by Crippen LogP contribution is -2.59. The highest BCUT2D eigenvalue weighted by molar-refractivity contribution is 7.99. The fourth-order valence-electron chi connectivity index (χ4n) is 4.65. The van der Waals surface area contributed by atoms with E-state index in [9.17, 15) is 4.21 Å².